The molecule has 0 aliphatic carbocycles. The molecule has 0 saturated carbocycles. The number of halogens is 1. The number of benzene rings is 2. The van der Waals surface area contributed by atoms with E-state index < -0.39 is 6.10 Å². The number of nitrogen functional groups attached to an aromatic ring is 1. The minimum Gasteiger partial charge on any atom is -0.480 e. The molecular formula is C18H16ClN3O2S. The molecule has 3 aromatic rings. The molecule has 1 unspecified atom stereocenters. The van der Waals surface area contributed by atoms with Crippen molar-refractivity contribution in [3.63, 3.8) is 0 Å². The van der Waals surface area contributed by atoms with Crippen LogP contribution in [0.15, 0.2) is 53.9 Å². The topological polar surface area (TPSA) is 77.2 Å². The number of carbonyl (C=O) groups is 1. The summed E-state index contributed by atoms with van der Waals surface area (Å²) in [7, 11) is 0. The zero-order valence-electron chi connectivity index (χ0n) is 13.4. The molecule has 3 N–H and O–H groups in total. The summed E-state index contributed by atoms with van der Waals surface area (Å²) in [6, 6.07) is 14.3. The highest BCUT2D eigenvalue weighted by Crippen LogP contribution is 2.32. The highest BCUT2D eigenvalue weighted by molar-refractivity contribution is 7.13. The Balaban J connectivity index is 1.73. The Labute approximate surface area is 154 Å². The Morgan fingerprint density at radius 2 is 1.96 bits per heavy atom. The average molecular weight is 374 g/mol. The molecule has 2 aromatic carbocycles. The van der Waals surface area contributed by atoms with Gasteiger partial charge in [0, 0.05) is 21.7 Å². The number of thiazole rings is 1. The lowest BCUT2D eigenvalue weighted by Crippen LogP contribution is -2.30. The first-order valence-electron chi connectivity index (χ1n) is 7.56. The second kappa shape index (κ2) is 7.55. The normalized spacial score (nSPS) is 11.8. The number of ether oxygens (including phenoxy) is 1. The predicted molar refractivity (Wildman–Crippen MR) is 102 cm³/mol. The lowest BCUT2D eigenvalue weighted by atomic mass is 10.1. The number of aromatic nitrogens is 1. The molecule has 128 valence electrons. The number of rotatable bonds is 5. The molecule has 0 saturated heterocycles. The van der Waals surface area contributed by atoms with Crippen LogP contribution < -0.4 is 15.8 Å². The van der Waals surface area contributed by atoms with Crippen LogP contribution in [0, 0.1) is 0 Å². The number of hydrogen-bond donors (Lipinski definition) is 2. The number of nitrogens with one attached hydrogen (secondary N) is 1. The van der Waals surface area contributed by atoms with Crippen molar-refractivity contribution >= 4 is 39.7 Å². The highest BCUT2D eigenvalue weighted by Gasteiger charge is 2.18. The minimum atomic E-state index is -0.687. The van der Waals surface area contributed by atoms with Gasteiger partial charge in [0.25, 0.3) is 5.91 Å². The predicted octanol–water partition coefficient (Wildman–Crippen LogP) is 4.45. The number of nitrogens with two attached hydrogens (primary N) is 1. The second-order valence-electron chi connectivity index (χ2n) is 5.32. The molecule has 1 atom stereocenters. The summed E-state index contributed by atoms with van der Waals surface area (Å²) in [5.74, 6) is 0.321. The van der Waals surface area contributed by atoms with Crippen molar-refractivity contribution < 1.29 is 9.53 Å². The summed E-state index contributed by atoms with van der Waals surface area (Å²) in [5, 5.41) is 5.75. The van der Waals surface area contributed by atoms with Crippen molar-refractivity contribution in [1.82, 2.24) is 4.98 Å². The number of nitrogens with zero attached hydrogens (tertiary/aromatic N) is 1. The van der Waals surface area contributed by atoms with Gasteiger partial charge in [-0.2, -0.15) is 0 Å². The fourth-order valence-electron chi connectivity index (χ4n) is 2.21. The van der Waals surface area contributed by atoms with Crippen LogP contribution in [-0.2, 0) is 4.79 Å². The van der Waals surface area contributed by atoms with Gasteiger partial charge in [-0.3, -0.25) is 4.79 Å². The monoisotopic (exact) mass is 373 g/mol. The summed E-state index contributed by atoms with van der Waals surface area (Å²) in [6.45, 7) is 1.69. The van der Waals surface area contributed by atoms with E-state index in [1.165, 1.54) is 11.3 Å². The van der Waals surface area contributed by atoms with Crippen LogP contribution in [0.4, 0.5) is 10.8 Å². The van der Waals surface area contributed by atoms with E-state index in [9.17, 15) is 4.79 Å². The SMILES string of the molecule is CC(Oc1ccccc1-c1csc(N)n1)C(=O)Nc1ccc(Cl)cc1. The van der Waals surface area contributed by atoms with Crippen LogP contribution in [-0.4, -0.2) is 17.0 Å². The molecule has 0 spiro atoms. The van der Waals surface area contributed by atoms with Gasteiger partial charge in [0.05, 0.1) is 5.69 Å². The molecular weight excluding hydrogens is 358 g/mol. The van der Waals surface area contributed by atoms with Gasteiger partial charge in [-0.15, -0.1) is 11.3 Å². The van der Waals surface area contributed by atoms with E-state index in [2.05, 4.69) is 10.3 Å². The summed E-state index contributed by atoms with van der Waals surface area (Å²) >= 11 is 7.20. The van der Waals surface area contributed by atoms with Crippen molar-refractivity contribution in [1.29, 1.82) is 0 Å². The van der Waals surface area contributed by atoms with E-state index in [0.29, 0.717) is 21.6 Å². The summed E-state index contributed by atoms with van der Waals surface area (Å²) in [6.07, 6.45) is -0.687. The maximum absolute atomic E-state index is 12.4. The van der Waals surface area contributed by atoms with Gasteiger partial charge in [-0.1, -0.05) is 23.7 Å². The maximum atomic E-state index is 12.4. The van der Waals surface area contributed by atoms with Crippen LogP contribution >= 0.6 is 22.9 Å². The quantitative estimate of drug-likeness (QED) is 0.692. The van der Waals surface area contributed by atoms with Crippen LogP contribution in [0.5, 0.6) is 5.75 Å². The fourth-order valence-corrected chi connectivity index (χ4v) is 2.90. The maximum Gasteiger partial charge on any atom is 0.265 e. The van der Waals surface area contributed by atoms with Crippen LogP contribution in [0.3, 0.4) is 0 Å². The number of anilines is 2. The van der Waals surface area contributed by atoms with Gasteiger partial charge in [0.1, 0.15) is 5.75 Å². The van der Waals surface area contributed by atoms with E-state index in [0.717, 1.165) is 11.3 Å². The molecule has 25 heavy (non-hydrogen) atoms. The number of carbonyl (C=O) groups excluding carboxylic acids is 1. The molecule has 0 bridgehead atoms. The first-order valence-corrected chi connectivity index (χ1v) is 8.82. The molecule has 1 aromatic heterocycles. The second-order valence-corrected chi connectivity index (χ2v) is 6.65. The zero-order valence-corrected chi connectivity index (χ0v) is 15.0. The van der Waals surface area contributed by atoms with Gasteiger partial charge in [0.2, 0.25) is 0 Å². The third kappa shape index (κ3) is 4.29. The van der Waals surface area contributed by atoms with Gasteiger partial charge in [-0.25, -0.2) is 4.98 Å². The van der Waals surface area contributed by atoms with E-state index in [4.69, 9.17) is 22.1 Å². The average Bonchev–Trinajstić information content (AvgIpc) is 3.03. The zero-order chi connectivity index (χ0) is 17.8. The number of hydrogen-bond acceptors (Lipinski definition) is 5. The van der Waals surface area contributed by atoms with E-state index in [-0.39, 0.29) is 5.91 Å². The Bertz CT molecular complexity index is 880. The smallest absolute Gasteiger partial charge is 0.265 e. The first kappa shape index (κ1) is 17.3. The molecule has 0 radical (unpaired) electrons. The Morgan fingerprint density at radius 3 is 2.64 bits per heavy atom. The van der Waals surface area contributed by atoms with Crippen LogP contribution in [0.25, 0.3) is 11.3 Å². The third-order valence-electron chi connectivity index (χ3n) is 3.47. The van der Waals surface area contributed by atoms with E-state index in [1.807, 2.05) is 23.6 Å². The van der Waals surface area contributed by atoms with Crippen molar-refractivity contribution in [2.75, 3.05) is 11.1 Å². The van der Waals surface area contributed by atoms with Crippen molar-refractivity contribution in [3.05, 3.63) is 58.9 Å². The summed E-state index contributed by atoms with van der Waals surface area (Å²) < 4.78 is 5.85. The molecule has 7 heteroatoms. The lowest BCUT2D eigenvalue weighted by Gasteiger charge is -2.16. The molecule has 1 heterocycles. The standard InChI is InChI=1S/C18H16ClN3O2S/c1-11(17(23)21-13-8-6-12(19)7-9-13)24-16-5-3-2-4-14(16)15-10-25-18(20)22-15/h2-11H,1H3,(H2,20,22)(H,21,23). The molecule has 0 aliphatic rings. The first-order chi connectivity index (χ1) is 12.0. The molecule has 0 aliphatic heterocycles. The Kier molecular flexibility index (Phi) is 5.21. The Hall–Kier alpha value is -2.57. The van der Waals surface area contributed by atoms with E-state index in [1.54, 1.807) is 37.3 Å². The number of amides is 1. The van der Waals surface area contributed by atoms with Gasteiger partial charge < -0.3 is 15.8 Å². The Morgan fingerprint density at radius 1 is 1.24 bits per heavy atom. The van der Waals surface area contributed by atoms with Crippen LogP contribution in [0.1, 0.15) is 6.92 Å². The largest absolute Gasteiger partial charge is 0.480 e. The summed E-state index contributed by atoms with van der Waals surface area (Å²) in [5.41, 5.74) is 7.88. The number of para-hydroxylation sites is 1. The van der Waals surface area contributed by atoms with E-state index >= 15 is 0 Å². The molecule has 5 nitrogen and oxygen atoms in total. The highest BCUT2D eigenvalue weighted by atomic mass is 35.5. The molecule has 3 rings (SSSR count). The van der Waals surface area contributed by atoms with Crippen molar-refractivity contribution in [2.45, 2.75) is 13.0 Å². The fraction of sp³-hybridized carbons (Fsp3) is 0.111. The van der Waals surface area contributed by atoms with Gasteiger partial charge >= 0.3 is 0 Å². The molecule has 0 fully saturated rings. The van der Waals surface area contributed by atoms with Gasteiger partial charge in [0.15, 0.2) is 11.2 Å². The molecule has 1 amide bonds. The minimum absolute atomic E-state index is 0.255. The van der Waals surface area contributed by atoms with Crippen molar-refractivity contribution in [2.24, 2.45) is 0 Å². The van der Waals surface area contributed by atoms with Crippen LogP contribution in [0.2, 0.25) is 5.02 Å². The third-order valence-corrected chi connectivity index (χ3v) is 4.40. The summed E-state index contributed by atoms with van der Waals surface area (Å²) in [4.78, 5) is 16.6. The van der Waals surface area contributed by atoms with Crippen molar-refractivity contribution in [3.8, 4) is 17.0 Å². The lowest BCUT2D eigenvalue weighted by molar-refractivity contribution is -0.122. The van der Waals surface area contributed by atoms with Gasteiger partial charge in [-0.05, 0) is 43.3 Å².